The summed E-state index contributed by atoms with van der Waals surface area (Å²) in [6.45, 7) is 4.51. The molecule has 0 unspecified atom stereocenters. The number of esters is 2. The fraction of sp³-hybridized carbons (Fsp3) is 0.174. The molecule has 30 heavy (non-hydrogen) atoms. The highest BCUT2D eigenvalue weighted by Crippen LogP contribution is 2.29. The van der Waals surface area contributed by atoms with Crippen molar-refractivity contribution in [3.63, 3.8) is 0 Å². The maximum atomic E-state index is 12.6. The first-order chi connectivity index (χ1) is 14.6. The lowest BCUT2D eigenvalue weighted by molar-refractivity contribution is 0.0549. The van der Waals surface area contributed by atoms with Crippen molar-refractivity contribution in [2.24, 2.45) is 0 Å². The lowest BCUT2D eigenvalue weighted by Gasteiger charge is -2.07. The van der Waals surface area contributed by atoms with Crippen LogP contribution in [0.2, 0.25) is 0 Å². The van der Waals surface area contributed by atoms with Gasteiger partial charge in [-0.2, -0.15) is 5.10 Å². The topological polar surface area (TPSA) is 79.7 Å². The molecule has 0 aliphatic rings. The van der Waals surface area contributed by atoms with Gasteiger partial charge < -0.3 is 14.2 Å². The zero-order valence-corrected chi connectivity index (χ0v) is 16.8. The molecule has 1 aromatic heterocycles. The molecule has 0 aliphatic heterocycles. The van der Waals surface area contributed by atoms with E-state index < -0.39 is 11.9 Å². The van der Waals surface area contributed by atoms with E-state index in [1.54, 1.807) is 18.2 Å². The highest BCUT2D eigenvalue weighted by atomic mass is 16.5. The molecule has 0 saturated heterocycles. The minimum Gasteiger partial charge on any atom is -0.465 e. The van der Waals surface area contributed by atoms with E-state index in [9.17, 15) is 9.59 Å². The van der Waals surface area contributed by atoms with E-state index in [4.69, 9.17) is 14.2 Å². The van der Waals surface area contributed by atoms with Gasteiger partial charge in [0.15, 0.2) is 5.69 Å². The Kier molecular flexibility index (Phi) is 6.77. The van der Waals surface area contributed by atoms with Crippen molar-refractivity contribution < 1.29 is 23.8 Å². The quantitative estimate of drug-likeness (QED) is 0.321. The summed E-state index contributed by atoms with van der Waals surface area (Å²) in [5.74, 6) is -1.36. The van der Waals surface area contributed by atoms with E-state index in [0.29, 0.717) is 30.2 Å². The molecule has 3 aromatic rings. The van der Waals surface area contributed by atoms with Crippen molar-refractivity contribution in [1.29, 1.82) is 0 Å². The summed E-state index contributed by atoms with van der Waals surface area (Å²) in [7, 11) is 2.51. The molecule has 3 rings (SSSR count). The largest absolute Gasteiger partial charge is 0.465 e. The first-order valence-electron chi connectivity index (χ1n) is 9.23. The van der Waals surface area contributed by atoms with Gasteiger partial charge in [0.1, 0.15) is 11.3 Å². The lowest BCUT2D eigenvalue weighted by atomic mass is 10.0. The highest BCUT2D eigenvalue weighted by Gasteiger charge is 2.31. The van der Waals surface area contributed by atoms with Crippen LogP contribution in [0.3, 0.4) is 0 Å². The van der Waals surface area contributed by atoms with E-state index in [2.05, 4.69) is 11.7 Å². The summed E-state index contributed by atoms with van der Waals surface area (Å²) in [6.07, 6.45) is 1.68. The van der Waals surface area contributed by atoms with Gasteiger partial charge in [-0.25, -0.2) is 14.3 Å². The van der Waals surface area contributed by atoms with Crippen molar-refractivity contribution in [3.05, 3.63) is 84.1 Å². The van der Waals surface area contributed by atoms with Crippen LogP contribution in [0.1, 0.15) is 26.4 Å². The summed E-state index contributed by atoms with van der Waals surface area (Å²) >= 11 is 0. The molecule has 7 heteroatoms. The van der Waals surface area contributed by atoms with Crippen LogP contribution in [0.15, 0.2) is 67.3 Å². The number of carbonyl (C=O) groups is 2. The van der Waals surface area contributed by atoms with Crippen molar-refractivity contribution in [3.8, 4) is 16.9 Å². The average Bonchev–Trinajstić information content (AvgIpc) is 3.20. The molecule has 0 amide bonds. The average molecular weight is 406 g/mol. The third-order valence-electron chi connectivity index (χ3n) is 4.39. The van der Waals surface area contributed by atoms with Crippen LogP contribution < -0.4 is 0 Å². The normalized spacial score (nSPS) is 10.5. The van der Waals surface area contributed by atoms with E-state index in [-0.39, 0.29) is 11.3 Å². The van der Waals surface area contributed by atoms with Crippen LogP contribution in [-0.4, -0.2) is 42.5 Å². The number of ether oxygens (including phenoxy) is 3. The summed E-state index contributed by atoms with van der Waals surface area (Å²) < 4.78 is 16.7. The Balaban J connectivity index is 2.14. The minimum atomic E-state index is -0.688. The third kappa shape index (κ3) is 4.31. The molecule has 2 aromatic carbocycles. The second-order valence-electron chi connectivity index (χ2n) is 6.30. The maximum Gasteiger partial charge on any atom is 0.357 e. The SMILES string of the molecule is C=CCOCc1ccc(-c2nn(-c3ccccc3)c(C(=O)OC)c2C(=O)OC)cc1. The predicted molar refractivity (Wildman–Crippen MR) is 112 cm³/mol. The van der Waals surface area contributed by atoms with Crippen LogP contribution in [-0.2, 0) is 20.8 Å². The number of para-hydroxylation sites is 1. The number of hydrogen-bond donors (Lipinski definition) is 0. The number of aromatic nitrogens is 2. The van der Waals surface area contributed by atoms with E-state index in [1.807, 2.05) is 42.5 Å². The van der Waals surface area contributed by atoms with Crippen LogP contribution in [0.25, 0.3) is 16.9 Å². The Morgan fingerprint density at radius 3 is 2.27 bits per heavy atom. The summed E-state index contributed by atoms with van der Waals surface area (Å²) in [5, 5.41) is 4.56. The number of carbonyl (C=O) groups excluding carboxylic acids is 2. The first-order valence-corrected chi connectivity index (χ1v) is 9.23. The molecular weight excluding hydrogens is 384 g/mol. The molecule has 154 valence electrons. The number of methoxy groups -OCH3 is 2. The van der Waals surface area contributed by atoms with E-state index >= 15 is 0 Å². The smallest absolute Gasteiger partial charge is 0.357 e. The first kappa shape index (κ1) is 21.0. The van der Waals surface area contributed by atoms with Crippen LogP contribution in [0, 0.1) is 0 Å². The van der Waals surface area contributed by atoms with Crippen LogP contribution >= 0.6 is 0 Å². The molecule has 0 atom stereocenters. The predicted octanol–water partition coefficient (Wildman–Crippen LogP) is 3.82. The van der Waals surface area contributed by atoms with Gasteiger partial charge in [-0.15, -0.1) is 6.58 Å². The Morgan fingerprint density at radius 1 is 1.00 bits per heavy atom. The zero-order chi connectivity index (χ0) is 21.5. The van der Waals surface area contributed by atoms with Gasteiger partial charge in [0.25, 0.3) is 0 Å². The Morgan fingerprint density at radius 2 is 1.67 bits per heavy atom. The number of rotatable bonds is 8. The van der Waals surface area contributed by atoms with Gasteiger partial charge >= 0.3 is 11.9 Å². The van der Waals surface area contributed by atoms with Gasteiger partial charge in [0.05, 0.1) is 33.1 Å². The van der Waals surface area contributed by atoms with Gasteiger partial charge in [-0.05, 0) is 17.7 Å². The summed E-state index contributed by atoms with van der Waals surface area (Å²) in [4.78, 5) is 25.2. The fourth-order valence-corrected chi connectivity index (χ4v) is 2.98. The summed E-state index contributed by atoms with van der Waals surface area (Å²) in [5.41, 5.74) is 2.60. The number of hydrogen-bond acceptors (Lipinski definition) is 6. The fourth-order valence-electron chi connectivity index (χ4n) is 2.98. The molecule has 0 spiro atoms. The Labute approximate surface area is 174 Å². The monoisotopic (exact) mass is 406 g/mol. The van der Waals surface area contributed by atoms with Gasteiger partial charge in [-0.1, -0.05) is 48.5 Å². The van der Waals surface area contributed by atoms with Crippen molar-refractivity contribution in [1.82, 2.24) is 9.78 Å². The molecule has 0 radical (unpaired) electrons. The molecule has 7 nitrogen and oxygen atoms in total. The molecular formula is C23H22N2O5. The van der Waals surface area contributed by atoms with Gasteiger partial charge in [-0.3, -0.25) is 0 Å². The van der Waals surface area contributed by atoms with E-state index in [1.165, 1.54) is 18.9 Å². The Hall–Kier alpha value is -3.71. The minimum absolute atomic E-state index is 0.00365. The molecule has 1 heterocycles. The van der Waals surface area contributed by atoms with Crippen molar-refractivity contribution in [2.45, 2.75) is 6.61 Å². The number of benzene rings is 2. The Bertz CT molecular complexity index is 1040. The van der Waals surface area contributed by atoms with Gasteiger partial charge in [0, 0.05) is 5.56 Å². The number of nitrogens with zero attached hydrogens (tertiary/aromatic N) is 2. The zero-order valence-electron chi connectivity index (χ0n) is 16.8. The van der Waals surface area contributed by atoms with E-state index in [0.717, 1.165) is 5.56 Å². The van der Waals surface area contributed by atoms with Crippen LogP contribution in [0.5, 0.6) is 0 Å². The highest BCUT2D eigenvalue weighted by molar-refractivity contribution is 6.06. The van der Waals surface area contributed by atoms with Gasteiger partial charge in [0.2, 0.25) is 0 Å². The van der Waals surface area contributed by atoms with Crippen molar-refractivity contribution >= 4 is 11.9 Å². The van der Waals surface area contributed by atoms with Crippen LogP contribution in [0.4, 0.5) is 0 Å². The molecule has 0 N–H and O–H groups in total. The standard InChI is InChI=1S/C23H22N2O5/c1-4-14-30-15-16-10-12-17(13-11-16)20-19(22(26)28-2)21(23(27)29-3)25(24-20)18-8-6-5-7-9-18/h4-13H,1,14-15H2,2-3H3. The second kappa shape index (κ2) is 9.67. The summed E-state index contributed by atoms with van der Waals surface area (Å²) in [6, 6.07) is 16.4. The molecule has 0 fully saturated rings. The molecule has 0 aliphatic carbocycles. The van der Waals surface area contributed by atoms with Crippen molar-refractivity contribution in [2.75, 3.05) is 20.8 Å². The second-order valence-corrected chi connectivity index (χ2v) is 6.30. The lowest BCUT2D eigenvalue weighted by Crippen LogP contribution is -2.15. The maximum absolute atomic E-state index is 12.6. The third-order valence-corrected chi connectivity index (χ3v) is 4.39. The molecule has 0 bridgehead atoms. The molecule has 0 saturated carbocycles.